The van der Waals surface area contributed by atoms with Crippen LogP contribution in [0.1, 0.15) is 55.0 Å². The van der Waals surface area contributed by atoms with Crippen molar-refractivity contribution in [2.24, 2.45) is 23.5 Å². The maximum atomic E-state index is 12.6. The number of amides is 1. The molecule has 3 atom stereocenters. The number of carbonyl (C=O) groups is 1. The lowest BCUT2D eigenvalue weighted by molar-refractivity contribution is -0.128. The van der Waals surface area contributed by atoms with Gasteiger partial charge in [0.2, 0.25) is 5.91 Å². The van der Waals surface area contributed by atoms with E-state index in [0.29, 0.717) is 17.9 Å². The highest BCUT2D eigenvalue weighted by Gasteiger charge is 2.40. The highest BCUT2D eigenvalue weighted by molar-refractivity contribution is 7.11. The Labute approximate surface area is 154 Å². The van der Waals surface area contributed by atoms with Gasteiger partial charge in [-0.2, -0.15) is 0 Å². The molecule has 1 aromatic heterocycles. The summed E-state index contributed by atoms with van der Waals surface area (Å²) in [6, 6.07) is 0.327. The number of hydrogen-bond acceptors (Lipinski definition) is 4. The van der Waals surface area contributed by atoms with Gasteiger partial charge in [0.05, 0.1) is 6.04 Å². The molecule has 3 rings (SSSR count). The van der Waals surface area contributed by atoms with Crippen LogP contribution >= 0.6 is 36.2 Å². The molecule has 0 aromatic carbocycles. The fourth-order valence-corrected chi connectivity index (χ4v) is 4.74. The Morgan fingerprint density at radius 3 is 2.48 bits per heavy atom. The van der Waals surface area contributed by atoms with E-state index >= 15 is 0 Å². The van der Waals surface area contributed by atoms with Gasteiger partial charge in [0, 0.05) is 23.0 Å². The predicted molar refractivity (Wildman–Crippen MR) is 99.4 cm³/mol. The second-order valence-corrected chi connectivity index (χ2v) is 8.00. The average Bonchev–Trinajstić information content (AvgIpc) is 2.85. The van der Waals surface area contributed by atoms with E-state index in [9.17, 15) is 4.79 Å². The Balaban J connectivity index is 0.00000132. The highest BCUT2D eigenvalue weighted by atomic mass is 35.5. The number of aromatic nitrogens is 1. The van der Waals surface area contributed by atoms with Gasteiger partial charge in [-0.1, -0.05) is 6.42 Å². The standard InChI is InChI=1S/C16H25N3OS.2ClH/c1-9-8-18-16(21-9)10(2)19-15(20)13-6-11-4-3-5-12(7-13)14(11)17;;/h8,10-14H,3-7,17H2,1-2H3,(H,19,20);2*1H. The van der Waals surface area contributed by atoms with E-state index in [0.717, 1.165) is 17.8 Å². The number of aryl methyl sites for hydroxylation is 1. The SMILES string of the molecule is Cc1cnc(C(C)NC(=O)C2CC3CCCC(C2)C3N)s1.Cl.Cl. The fraction of sp³-hybridized carbons (Fsp3) is 0.750. The summed E-state index contributed by atoms with van der Waals surface area (Å²) in [4.78, 5) is 18.1. The van der Waals surface area contributed by atoms with E-state index in [-0.39, 0.29) is 42.7 Å². The van der Waals surface area contributed by atoms with Gasteiger partial charge in [0.1, 0.15) is 5.01 Å². The van der Waals surface area contributed by atoms with Crippen molar-refractivity contribution < 1.29 is 4.79 Å². The number of nitrogens with two attached hydrogens (primary N) is 1. The molecule has 2 fully saturated rings. The van der Waals surface area contributed by atoms with Gasteiger partial charge in [-0.3, -0.25) is 4.79 Å². The van der Waals surface area contributed by atoms with Crippen LogP contribution in [0, 0.1) is 24.7 Å². The zero-order chi connectivity index (χ0) is 15.0. The zero-order valence-corrected chi connectivity index (χ0v) is 16.1. The van der Waals surface area contributed by atoms with E-state index in [1.807, 2.05) is 20.0 Å². The van der Waals surface area contributed by atoms with Crippen LogP contribution in [0.25, 0.3) is 0 Å². The molecule has 2 aliphatic carbocycles. The van der Waals surface area contributed by atoms with E-state index in [1.165, 1.54) is 24.1 Å². The molecule has 1 heterocycles. The first kappa shape index (κ1) is 20.7. The van der Waals surface area contributed by atoms with Gasteiger partial charge in [0.15, 0.2) is 0 Å². The maximum Gasteiger partial charge on any atom is 0.223 e. The molecule has 0 spiro atoms. The molecule has 7 heteroatoms. The molecule has 0 radical (unpaired) electrons. The van der Waals surface area contributed by atoms with Gasteiger partial charge in [0.25, 0.3) is 0 Å². The third-order valence-corrected chi connectivity index (χ3v) is 6.25. The summed E-state index contributed by atoms with van der Waals surface area (Å²) in [5.74, 6) is 1.43. The Bertz CT molecular complexity index is 511. The van der Waals surface area contributed by atoms with Crippen LogP contribution in [0.3, 0.4) is 0 Å². The minimum Gasteiger partial charge on any atom is -0.347 e. The molecule has 0 aliphatic heterocycles. The van der Waals surface area contributed by atoms with Crippen molar-refractivity contribution in [2.75, 3.05) is 0 Å². The molecule has 2 aliphatic rings. The second kappa shape index (κ2) is 8.65. The molecule has 2 bridgehead atoms. The Hall–Kier alpha value is -0.360. The van der Waals surface area contributed by atoms with Crippen molar-refractivity contribution in [1.82, 2.24) is 10.3 Å². The van der Waals surface area contributed by atoms with Crippen LogP contribution < -0.4 is 11.1 Å². The molecule has 4 nitrogen and oxygen atoms in total. The lowest BCUT2D eigenvalue weighted by Gasteiger charge is -2.43. The number of nitrogens with one attached hydrogen (secondary N) is 1. The summed E-state index contributed by atoms with van der Waals surface area (Å²) in [5.41, 5.74) is 6.30. The number of halogens is 2. The number of hydrogen-bond donors (Lipinski definition) is 2. The molecular weight excluding hydrogens is 353 g/mol. The zero-order valence-electron chi connectivity index (χ0n) is 13.7. The molecule has 132 valence electrons. The third-order valence-electron chi connectivity index (χ3n) is 5.15. The molecule has 0 saturated heterocycles. The summed E-state index contributed by atoms with van der Waals surface area (Å²) < 4.78 is 0. The summed E-state index contributed by atoms with van der Waals surface area (Å²) in [6.07, 6.45) is 7.48. The van der Waals surface area contributed by atoms with Crippen LogP contribution in [-0.2, 0) is 4.79 Å². The number of carbonyl (C=O) groups excluding carboxylic acids is 1. The van der Waals surface area contributed by atoms with E-state index < -0.39 is 0 Å². The lowest BCUT2D eigenvalue weighted by atomic mass is 9.65. The maximum absolute atomic E-state index is 12.6. The molecule has 2 saturated carbocycles. The molecule has 1 amide bonds. The minimum atomic E-state index is 0. The molecule has 3 N–H and O–H groups in total. The first-order valence-electron chi connectivity index (χ1n) is 8.03. The highest BCUT2D eigenvalue weighted by Crippen LogP contribution is 2.42. The number of fused-ring (bicyclic) bond motifs is 2. The summed E-state index contributed by atoms with van der Waals surface area (Å²) in [5, 5.41) is 4.15. The first-order valence-corrected chi connectivity index (χ1v) is 8.84. The largest absolute Gasteiger partial charge is 0.347 e. The topological polar surface area (TPSA) is 68.0 Å². The van der Waals surface area contributed by atoms with Crippen LogP contribution in [0.5, 0.6) is 0 Å². The van der Waals surface area contributed by atoms with Crippen molar-refractivity contribution in [3.8, 4) is 0 Å². The van der Waals surface area contributed by atoms with Gasteiger partial charge in [-0.15, -0.1) is 36.2 Å². The van der Waals surface area contributed by atoms with Crippen LogP contribution in [0.4, 0.5) is 0 Å². The van der Waals surface area contributed by atoms with Gasteiger partial charge < -0.3 is 11.1 Å². The molecular formula is C16H27Cl2N3OS. The molecule has 23 heavy (non-hydrogen) atoms. The quantitative estimate of drug-likeness (QED) is 0.842. The molecule has 3 unspecified atom stereocenters. The van der Waals surface area contributed by atoms with E-state index in [1.54, 1.807) is 11.3 Å². The van der Waals surface area contributed by atoms with E-state index in [4.69, 9.17) is 5.73 Å². The van der Waals surface area contributed by atoms with E-state index in [2.05, 4.69) is 10.3 Å². The Kier molecular flexibility index (Phi) is 7.78. The smallest absolute Gasteiger partial charge is 0.223 e. The first-order chi connectivity index (χ1) is 10.0. The summed E-state index contributed by atoms with van der Waals surface area (Å²) in [7, 11) is 0. The Morgan fingerprint density at radius 2 is 1.96 bits per heavy atom. The Morgan fingerprint density at radius 1 is 1.35 bits per heavy atom. The fourth-order valence-electron chi connectivity index (χ4n) is 3.97. The van der Waals surface area contributed by atoms with Crippen LogP contribution in [0.15, 0.2) is 6.20 Å². The van der Waals surface area contributed by atoms with Crippen molar-refractivity contribution in [3.63, 3.8) is 0 Å². The van der Waals surface area contributed by atoms with Crippen molar-refractivity contribution in [2.45, 2.75) is 58.0 Å². The van der Waals surface area contributed by atoms with Crippen molar-refractivity contribution in [1.29, 1.82) is 0 Å². The number of nitrogens with zero attached hydrogens (tertiary/aromatic N) is 1. The third kappa shape index (κ3) is 4.59. The van der Waals surface area contributed by atoms with Crippen molar-refractivity contribution >= 4 is 42.1 Å². The van der Waals surface area contributed by atoms with Crippen LogP contribution in [0.2, 0.25) is 0 Å². The number of rotatable bonds is 3. The van der Waals surface area contributed by atoms with Crippen molar-refractivity contribution in [3.05, 3.63) is 16.1 Å². The summed E-state index contributed by atoms with van der Waals surface area (Å²) in [6.45, 7) is 4.06. The van der Waals surface area contributed by atoms with Gasteiger partial charge in [-0.25, -0.2) is 4.98 Å². The minimum absolute atomic E-state index is 0. The monoisotopic (exact) mass is 379 g/mol. The van der Waals surface area contributed by atoms with Gasteiger partial charge in [-0.05, 0) is 51.4 Å². The number of thiazole rings is 1. The second-order valence-electron chi connectivity index (χ2n) is 6.74. The summed E-state index contributed by atoms with van der Waals surface area (Å²) >= 11 is 1.66. The lowest BCUT2D eigenvalue weighted by Crippen LogP contribution is -2.49. The molecule has 1 aromatic rings. The average molecular weight is 380 g/mol. The normalized spacial score (nSPS) is 30.6. The van der Waals surface area contributed by atoms with Gasteiger partial charge >= 0.3 is 0 Å². The predicted octanol–water partition coefficient (Wildman–Crippen LogP) is 3.63. The van der Waals surface area contributed by atoms with Crippen LogP contribution in [-0.4, -0.2) is 16.9 Å².